The van der Waals surface area contributed by atoms with Crippen LogP contribution in [0.4, 0.5) is 4.39 Å². The van der Waals surface area contributed by atoms with Crippen molar-refractivity contribution in [3.63, 3.8) is 0 Å². The summed E-state index contributed by atoms with van der Waals surface area (Å²) in [6.07, 6.45) is 2.37. The molecule has 2 N–H and O–H groups in total. The highest BCUT2D eigenvalue weighted by molar-refractivity contribution is 5.80. The first kappa shape index (κ1) is 20.6. The summed E-state index contributed by atoms with van der Waals surface area (Å²) >= 11 is 0. The number of methoxy groups -OCH3 is 1. The van der Waals surface area contributed by atoms with Gasteiger partial charge < -0.3 is 20.3 Å². The summed E-state index contributed by atoms with van der Waals surface area (Å²) in [5.41, 5.74) is 1.59. The van der Waals surface area contributed by atoms with E-state index in [9.17, 15) is 4.39 Å². The second-order valence-corrected chi connectivity index (χ2v) is 7.11. The number of rotatable bonds is 7. The highest BCUT2D eigenvalue weighted by Crippen LogP contribution is 2.17. The molecule has 1 atom stereocenters. The lowest BCUT2D eigenvalue weighted by atomic mass is 9.97. The Kier molecular flexibility index (Phi) is 8.32. The third-order valence-corrected chi connectivity index (χ3v) is 5.15. The minimum atomic E-state index is -0.167. The third kappa shape index (κ3) is 6.25. The Balaban J connectivity index is 1.76. The number of guanidine groups is 1. The number of aliphatic imine (C=N–C) groups is 1. The lowest BCUT2D eigenvalue weighted by Gasteiger charge is -2.32. The highest BCUT2D eigenvalue weighted by Gasteiger charge is 2.19. The molecule has 146 valence electrons. The number of piperidine rings is 1. The van der Waals surface area contributed by atoms with E-state index in [4.69, 9.17) is 4.74 Å². The molecular formula is C20H33FN4O. The second-order valence-electron chi connectivity index (χ2n) is 7.11. The maximum absolute atomic E-state index is 13.8. The molecule has 1 aromatic rings. The van der Waals surface area contributed by atoms with Gasteiger partial charge in [0.2, 0.25) is 0 Å². The van der Waals surface area contributed by atoms with Crippen LogP contribution in [0.5, 0.6) is 0 Å². The molecule has 1 heterocycles. The first-order valence-electron chi connectivity index (χ1n) is 9.48. The molecule has 6 heteroatoms. The van der Waals surface area contributed by atoms with Crippen molar-refractivity contribution >= 4 is 5.96 Å². The Morgan fingerprint density at radius 3 is 2.73 bits per heavy atom. The van der Waals surface area contributed by atoms with E-state index in [-0.39, 0.29) is 11.9 Å². The van der Waals surface area contributed by atoms with Gasteiger partial charge >= 0.3 is 0 Å². The molecule has 1 aromatic carbocycles. The standard InChI is InChI=1S/C20H33FN4O/c1-15-5-6-18(13-19(15)21)16(2)24-20(22-3)23-14-17-7-9-25(10-8-17)11-12-26-4/h5-6,13,16-17H,7-12,14H2,1-4H3,(H2,22,23,24). The van der Waals surface area contributed by atoms with Crippen molar-refractivity contribution in [1.29, 1.82) is 0 Å². The highest BCUT2D eigenvalue weighted by atomic mass is 19.1. The molecule has 1 unspecified atom stereocenters. The van der Waals surface area contributed by atoms with E-state index in [1.165, 1.54) is 12.8 Å². The number of nitrogens with one attached hydrogen (secondary N) is 2. The number of benzene rings is 1. The van der Waals surface area contributed by atoms with Crippen molar-refractivity contribution in [2.45, 2.75) is 32.7 Å². The van der Waals surface area contributed by atoms with E-state index in [0.717, 1.165) is 44.3 Å². The number of ether oxygens (including phenoxy) is 1. The zero-order valence-electron chi connectivity index (χ0n) is 16.5. The Bertz CT molecular complexity index is 585. The molecule has 1 aliphatic rings. The van der Waals surface area contributed by atoms with Crippen molar-refractivity contribution in [1.82, 2.24) is 15.5 Å². The van der Waals surface area contributed by atoms with Crippen molar-refractivity contribution in [2.24, 2.45) is 10.9 Å². The smallest absolute Gasteiger partial charge is 0.191 e. The normalized spacial score (nSPS) is 18.0. The SMILES string of the molecule is CN=C(NCC1CCN(CCOC)CC1)NC(C)c1ccc(C)c(F)c1. The maximum atomic E-state index is 13.8. The van der Waals surface area contributed by atoms with Crippen LogP contribution in [0.25, 0.3) is 0 Å². The van der Waals surface area contributed by atoms with E-state index in [0.29, 0.717) is 11.5 Å². The predicted octanol–water partition coefficient (Wildman–Crippen LogP) is 2.72. The summed E-state index contributed by atoms with van der Waals surface area (Å²) in [5.74, 6) is 1.25. The molecule has 2 rings (SSSR count). The molecule has 0 spiro atoms. The quantitative estimate of drug-likeness (QED) is 0.577. The zero-order valence-corrected chi connectivity index (χ0v) is 16.5. The first-order chi connectivity index (χ1) is 12.5. The zero-order chi connectivity index (χ0) is 18.9. The molecule has 0 saturated carbocycles. The Morgan fingerprint density at radius 1 is 1.38 bits per heavy atom. The molecule has 0 aromatic heterocycles. The van der Waals surface area contributed by atoms with Crippen molar-refractivity contribution in [2.75, 3.05) is 46.9 Å². The van der Waals surface area contributed by atoms with Crippen LogP contribution in [0.15, 0.2) is 23.2 Å². The van der Waals surface area contributed by atoms with E-state index >= 15 is 0 Å². The van der Waals surface area contributed by atoms with Crippen LogP contribution in [0.2, 0.25) is 0 Å². The van der Waals surface area contributed by atoms with Gasteiger partial charge in [0, 0.05) is 27.2 Å². The Hall–Kier alpha value is -1.66. The molecule has 0 radical (unpaired) electrons. The van der Waals surface area contributed by atoms with Crippen LogP contribution in [0, 0.1) is 18.7 Å². The molecule has 0 aliphatic carbocycles. The molecule has 0 bridgehead atoms. The fraction of sp³-hybridized carbons (Fsp3) is 0.650. The monoisotopic (exact) mass is 364 g/mol. The molecule has 0 amide bonds. The largest absolute Gasteiger partial charge is 0.383 e. The van der Waals surface area contributed by atoms with Gasteiger partial charge in [-0.15, -0.1) is 0 Å². The lowest BCUT2D eigenvalue weighted by Crippen LogP contribution is -2.43. The number of nitrogens with zero attached hydrogens (tertiary/aromatic N) is 2. The predicted molar refractivity (Wildman–Crippen MR) is 105 cm³/mol. The van der Waals surface area contributed by atoms with Gasteiger partial charge in [-0.2, -0.15) is 0 Å². The third-order valence-electron chi connectivity index (χ3n) is 5.15. The van der Waals surface area contributed by atoms with Gasteiger partial charge in [-0.1, -0.05) is 12.1 Å². The van der Waals surface area contributed by atoms with E-state index in [2.05, 4.69) is 20.5 Å². The van der Waals surface area contributed by atoms with Crippen LogP contribution in [0.3, 0.4) is 0 Å². The average Bonchev–Trinajstić information content (AvgIpc) is 2.66. The summed E-state index contributed by atoms with van der Waals surface area (Å²) in [6.45, 7) is 8.78. The van der Waals surface area contributed by atoms with E-state index < -0.39 is 0 Å². The minimum Gasteiger partial charge on any atom is -0.383 e. The summed E-state index contributed by atoms with van der Waals surface area (Å²) in [5, 5.41) is 6.78. The number of likely N-dealkylation sites (tertiary alicyclic amines) is 1. The lowest BCUT2D eigenvalue weighted by molar-refractivity contribution is 0.121. The van der Waals surface area contributed by atoms with Crippen LogP contribution < -0.4 is 10.6 Å². The summed E-state index contributed by atoms with van der Waals surface area (Å²) in [7, 11) is 3.52. The summed E-state index contributed by atoms with van der Waals surface area (Å²) in [4.78, 5) is 6.77. The second kappa shape index (κ2) is 10.5. The van der Waals surface area contributed by atoms with Gasteiger partial charge in [-0.25, -0.2) is 4.39 Å². The van der Waals surface area contributed by atoms with Crippen LogP contribution in [0.1, 0.15) is 36.9 Å². The van der Waals surface area contributed by atoms with Gasteiger partial charge in [0.15, 0.2) is 5.96 Å². The molecule has 1 saturated heterocycles. The van der Waals surface area contributed by atoms with E-state index in [1.807, 2.05) is 19.1 Å². The number of aryl methyl sites for hydroxylation is 1. The van der Waals surface area contributed by atoms with Crippen LogP contribution >= 0.6 is 0 Å². The van der Waals surface area contributed by atoms with Gasteiger partial charge in [-0.05, 0) is 62.9 Å². The van der Waals surface area contributed by atoms with Crippen LogP contribution in [-0.4, -0.2) is 57.8 Å². The van der Waals surface area contributed by atoms with Gasteiger partial charge in [0.1, 0.15) is 5.82 Å². The van der Waals surface area contributed by atoms with Crippen LogP contribution in [-0.2, 0) is 4.74 Å². The van der Waals surface area contributed by atoms with Crippen molar-refractivity contribution < 1.29 is 9.13 Å². The van der Waals surface area contributed by atoms with E-state index in [1.54, 1.807) is 27.1 Å². The Labute approximate surface area is 157 Å². The first-order valence-corrected chi connectivity index (χ1v) is 9.48. The van der Waals surface area contributed by atoms with Crippen molar-refractivity contribution in [3.8, 4) is 0 Å². The van der Waals surface area contributed by atoms with Gasteiger partial charge in [-0.3, -0.25) is 4.99 Å². The molecule has 1 aliphatic heterocycles. The summed E-state index contributed by atoms with van der Waals surface area (Å²) in [6, 6.07) is 5.36. The fourth-order valence-electron chi connectivity index (χ4n) is 3.24. The maximum Gasteiger partial charge on any atom is 0.191 e. The molecular weight excluding hydrogens is 331 g/mol. The average molecular weight is 365 g/mol. The number of hydrogen-bond acceptors (Lipinski definition) is 3. The topological polar surface area (TPSA) is 48.9 Å². The Morgan fingerprint density at radius 2 is 2.12 bits per heavy atom. The minimum absolute atomic E-state index is 0.00723. The van der Waals surface area contributed by atoms with Gasteiger partial charge in [0.25, 0.3) is 0 Å². The number of hydrogen-bond donors (Lipinski definition) is 2. The molecule has 1 fully saturated rings. The molecule has 5 nitrogen and oxygen atoms in total. The van der Waals surface area contributed by atoms with Gasteiger partial charge in [0.05, 0.1) is 12.6 Å². The molecule has 26 heavy (non-hydrogen) atoms. The summed E-state index contributed by atoms with van der Waals surface area (Å²) < 4.78 is 18.9. The van der Waals surface area contributed by atoms with Crippen molar-refractivity contribution in [3.05, 3.63) is 35.1 Å². The fourth-order valence-corrected chi connectivity index (χ4v) is 3.24. The number of halogens is 1.